The minimum absolute atomic E-state index is 0.0213. The fraction of sp³-hybridized carbons (Fsp3) is 0.162. The second-order valence-electron chi connectivity index (χ2n) is 11.2. The molecule has 2 aliphatic rings. The zero-order valence-electron chi connectivity index (χ0n) is 27.7. The summed E-state index contributed by atoms with van der Waals surface area (Å²) in [5, 5.41) is 12.1. The minimum atomic E-state index is -0.990. The first-order valence-corrected chi connectivity index (χ1v) is 18.7. The Balaban J connectivity index is 1.28. The maximum Gasteiger partial charge on any atom is 0.356 e. The summed E-state index contributed by atoms with van der Waals surface area (Å²) in [6.07, 6.45) is 4.82. The highest BCUT2D eigenvalue weighted by Gasteiger charge is 2.55. The molecule has 0 bridgehead atoms. The Morgan fingerprint density at radius 1 is 1.12 bits per heavy atom. The fourth-order valence-electron chi connectivity index (χ4n) is 5.26. The third-order valence-corrected chi connectivity index (χ3v) is 10.9. The van der Waals surface area contributed by atoms with E-state index in [-0.39, 0.29) is 28.8 Å². The predicted molar refractivity (Wildman–Crippen MR) is 203 cm³/mol. The Kier molecular flexibility index (Phi) is 12.0. The number of aromatic nitrogens is 2. The largest absolute Gasteiger partial charge is 0.448 e. The number of oxime groups is 1. The number of pyridine rings is 1. The Labute approximate surface area is 312 Å². The van der Waals surface area contributed by atoms with Crippen molar-refractivity contribution in [2.24, 2.45) is 5.16 Å². The van der Waals surface area contributed by atoms with Crippen LogP contribution in [0.25, 0.3) is 6.08 Å². The molecule has 2 N–H and O–H groups in total. The Hall–Kier alpha value is -5.51. The summed E-state index contributed by atoms with van der Waals surface area (Å²) < 4.78 is 6.24. The number of β-lactam (4-membered cyclic amide) rings is 1. The number of thioether (sulfide) groups is 2. The van der Waals surface area contributed by atoms with Crippen LogP contribution in [0.15, 0.2) is 118 Å². The van der Waals surface area contributed by atoms with E-state index < -0.39 is 35.3 Å². The number of amides is 3. The zero-order valence-corrected chi connectivity index (χ0v) is 30.2. The van der Waals surface area contributed by atoms with Gasteiger partial charge in [-0.25, -0.2) is 9.78 Å². The van der Waals surface area contributed by atoms with Gasteiger partial charge in [-0.3, -0.25) is 24.3 Å². The summed E-state index contributed by atoms with van der Waals surface area (Å²) in [6.45, 7) is 5.51. The molecule has 4 heterocycles. The monoisotopic (exact) mass is 752 g/mol. The van der Waals surface area contributed by atoms with E-state index in [0.29, 0.717) is 17.1 Å². The lowest BCUT2D eigenvalue weighted by Crippen LogP contribution is -2.71. The van der Waals surface area contributed by atoms with Gasteiger partial charge in [0, 0.05) is 27.9 Å². The molecule has 3 amide bonds. The van der Waals surface area contributed by atoms with E-state index in [0.717, 1.165) is 33.7 Å². The van der Waals surface area contributed by atoms with Crippen LogP contribution in [0.2, 0.25) is 0 Å². The Bertz CT molecular complexity index is 2000. The summed E-state index contributed by atoms with van der Waals surface area (Å²) in [6, 6.07) is 21.6. The number of thiazole rings is 1. The summed E-state index contributed by atoms with van der Waals surface area (Å²) in [5.74, 6) is -1.52. The molecule has 12 nitrogen and oxygen atoms in total. The van der Waals surface area contributed by atoms with Gasteiger partial charge in [-0.2, -0.15) is 0 Å². The lowest BCUT2D eigenvalue weighted by molar-refractivity contribution is -0.154. The predicted octanol–water partition coefficient (Wildman–Crippen LogP) is 5.67. The van der Waals surface area contributed by atoms with Gasteiger partial charge in [-0.15, -0.1) is 23.1 Å². The van der Waals surface area contributed by atoms with Gasteiger partial charge in [-0.05, 0) is 41.2 Å². The van der Waals surface area contributed by atoms with E-state index >= 15 is 0 Å². The molecule has 264 valence electrons. The van der Waals surface area contributed by atoms with E-state index in [1.165, 1.54) is 39.9 Å². The van der Waals surface area contributed by atoms with Crippen molar-refractivity contribution >= 4 is 76.0 Å². The number of fused-ring (bicyclic) bond motifs is 1. The van der Waals surface area contributed by atoms with Gasteiger partial charge in [0.15, 0.2) is 16.9 Å². The number of ether oxygens (including phenoxy) is 1. The molecule has 15 heteroatoms. The number of aryl methyl sites for hydroxylation is 1. The number of rotatable bonds is 15. The number of hydrogen-bond acceptors (Lipinski definition) is 12. The van der Waals surface area contributed by atoms with Crippen LogP contribution in [-0.2, 0) is 28.8 Å². The van der Waals surface area contributed by atoms with Crippen LogP contribution in [0.4, 0.5) is 5.13 Å². The van der Waals surface area contributed by atoms with Crippen molar-refractivity contribution in [3.05, 3.63) is 141 Å². The number of nitrogens with zero attached hydrogens (tertiary/aromatic N) is 4. The smallest absolute Gasteiger partial charge is 0.356 e. The number of benzene rings is 2. The van der Waals surface area contributed by atoms with Crippen molar-refractivity contribution in [3.63, 3.8) is 0 Å². The van der Waals surface area contributed by atoms with Crippen molar-refractivity contribution < 1.29 is 28.8 Å². The number of anilines is 1. The molecule has 2 aliphatic heterocycles. The number of esters is 1. The van der Waals surface area contributed by atoms with E-state index in [1.54, 1.807) is 6.20 Å². The quantitative estimate of drug-likeness (QED) is 0.0296. The second kappa shape index (κ2) is 17.1. The molecule has 2 aromatic carbocycles. The molecule has 4 aromatic rings. The first kappa shape index (κ1) is 36.3. The molecular formula is C37H32N6O6S3. The maximum absolute atomic E-state index is 14.3. The van der Waals surface area contributed by atoms with Gasteiger partial charge < -0.3 is 20.2 Å². The van der Waals surface area contributed by atoms with Crippen LogP contribution in [0.5, 0.6) is 0 Å². The van der Waals surface area contributed by atoms with Crippen molar-refractivity contribution in [2.45, 2.75) is 24.4 Å². The molecule has 1 fully saturated rings. The average molecular weight is 753 g/mol. The number of nitrogens with one attached hydrogen (secondary N) is 2. The van der Waals surface area contributed by atoms with Gasteiger partial charge in [0.2, 0.25) is 6.41 Å². The van der Waals surface area contributed by atoms with Crippen LogP contribution >= 0.6 is 34.9 Å². The molecule has 52 heavy (non-hydrogen) atoms. The van der Waals surface area contributed by atoms with Gasteiger partial charge in [0.25, 0.3) is 11.8 Å². The zero-order chi connectivity index (χ0) is 36.5. The van der Waals surface area contributed by atoms with Gasteiger partial charge >= 0.3 is 5.97 Å². The van der Waals surface area contributed by atoms with Crippen LogP contribution in [0.1, 0.15) is 34.2 Å². The molecule has 2 atom stereocenters. The number of carbonyl (C=O) groups is 4. The Morgan fingerprint density at radius 2 is 1.85 bits per heavy atom. The summed E-state index contributed by atoms with van der Waals surface area (Å²) >= 11 is 3.81. The molecule has 0 saturated carbocycles. The molecular weight excluding hydrogens is 721 g/mol. The standard InChI is InChI=1S/C37H32N6O6S3/c1-3-17-48-42-29(27-20-52-37(40-27)39-22-44)33(45)41-30-34(46)43-31(28(21-51-35(30)43)50-18-16-24-15-14-23(2)38-19-24)36(47)49-32(25-10-6-4-7-11-25)26-12-8-5-9-13-26/h3-16,18-20,22,30,32,35H,1,17,21H2,2H3,(H,41,45)(H,39,40,44)/b18-16-,42-29?/t30?,35-/m1/s1. The first-order chi connectivity index (χ1) is 25.4. The lowest BCUT2D eigenvalue weighted by atomic mass is 10.0. The van der Waals surface area contributed by atoms with E-state index in [9.17, 15) is 19.2 Å². The highest BCUT2D eigenvalue weighted by Crippen LogP contribution is 2.45. The lowest BCUT2D eigenvalue weighted by Gasteiger charge is -2.49. The average Bonchev–Trinajstić information content (AvgIpc) is 3.63. The molecule has 1 unspecified atom stereocenters. The van der Waals surface area contributed by atoms with Crippen LogP contribution in [0.3, 0.4) is 0 Å². The van der Waals surface area contributed by atoms with E-state index in [1.807, 2.05) is 91.2 Å². The van der Waals surface area contributed by atoms with Crippen LogP contribution < -0.4 is 10.6 Å². The molecule has 6 rings (SSSR count). The van der Waals surface area contributed by atoms with Crippen LogP contribution in [0, 0.1) is 6.92 Å². The highest BCUT2D eigenvalue weighted by atomic mass is 32.2. The molecule has 2 aromatic heterocycles. The normalized spacial score (nSPS) is 17.0. The first-order valence-electron chi connectivity index (χ1n) is 15.9. The molecule has 1 saturated heterocycles. The fourth-order valence-corrected chi connectivity index (χ4v) is 8.27. The SMILES string of the molecule is C=CCON=C(C(=O)NC1C(=O)N2C(C(=O)OC(c3ccccc3)c3ccccc3)=C(S/C=C\c3ccc(C)nc3)CS[C@H]12)c1csc(NC=O)n1. The second-order valence-corrected chi connectivity index (χ2v) is 14.2. The van der Waals surface area contributed by atoms with Gasteiger partial charge in [0.1, 0.15) is 29.4 Å². The highest BCUT2D eigenvalue weighted by molar-refractivity contribution is 8.08. The maximum atomic E-state index is 14.3. The molecule has 0 spiro atoms. The van der Waals surface area contributed by atoms with E-state index in [2.05, 4.69) is 32.3 Å². The number of hydrogen-bond donors (Lipinski definition) is 2. The van der Waals surface area contributed by atoms with Crippen LogP contribution in [-0.4, -0.2) is 68.5 Å². The topological polar surface area (TPSA) is 152 Å². The molecule has 0 aliphatic carbocycles. The summed E-state index contributed by atoms with van der Waals surface area (Å²) in [4.78, 5) is 68.5. The van der Waals surface area contributed by atoms with Crippen molar-refractivity contribution in [1.29, 1.82) is 0 Å². The summed E-state index contributed by atoms with van der Waals surface area (Å²) in [5.41, 5.74) is 3.37. The van der Waals surface area contributed by atoms with E-state index in [4.69, 9.17) is 9.57 Å². The Morgan fingerprint density at radius 3 is 2.50 bits per heavy atom. The number of carbonyl (C=O) groups excluding carboxylic acids is 4. The summed E-state index contributed by atoms with van der Waals surface area (Å²) in [7, 11) is 0. The molecule has 0 radical (unpaired) electrons. The van der Waals surface area contributed by atoms with Gasteiger partial charge in [0.05, 0.1) is 0 Å². The third kappa shape index (κ3) is 8.33. The van der Waals surface area contributed by atoms with Crippen molar-refractivity contribution in [2.75, 3.05) is 17.7 Å². The third-order valence-electron chi connectivity index (χ3n) is 7.74. The van der Waals surface area contributed by atoms with Crippen molar-refractivity contribution in [1.82, 2.24) is 20.2 Å². The van der Waals surface area contributed by atoms with Crippen molar-refractivity contribution in [3.8, 4) is 0 Å². The minimum Gasteiger partial charge on any atom is -0.448 e. The van der Waals surface area contributed by atoms with Gasteiger partial charge in [-0.1, -0.05) is 96.3 Å².